The van der Waals surface area contributed by atoms with E-state index in [0.717, 1.165) is 37.3 Å². The van der Waals surface area contributed by atoms with Crippen LogP contribution in [0.4, 0.5) is 5.82 Å². The summed E-state index contributed by atoms with van der Waals surface area (Å²) in [6, 6.07) is 3.81. The summed E-state index contributed by atoms with van der Waals surface area (Å²) in [7, 11) is 0. The van der Waals surface area contributed by atoms with Gasteiger partial charge in [-0.2, -0.15) is 11.8 Å². The topological polar surface area (TPSA) is 66.9 Å². The van der Waals surface area contributed by atoms with Gasteiger partial charge in [-0.25, -0.2) is 0 Å². The summed E-state index contributed by atoms with van der Waals surface area (Å²) in [6.07, 6.45) is 3.11. The van der Waals surface area contributed by atoms with E-state index in [-0.39, 0.29) is 11.9 Å². The SMILES string of the molecule is CCCNc1ccc(C(=O)NC2CCSCC2)nn1. The van der Waals surface area contributed by atoms with E-state index < -0.39 is 0 Å². The highest BCUT2D eigenvalue weighted by Gasteiger charge is 2.17. The number of amides is 1. The first-order valence-electron chi connectivity index (χ1n) is 6.76. The Kier molecular flexibility index (Phi) is 5.44. The number of carbonyl (C=O) groups is 1. The molecular formula is C13H20N4OS. The van der Waals surface area contributed by atoms with Crippen LogP contribution in [0.2, 0.25) is 0 Å². The van der Waals surface area contributed by atoms with Gasteiger partial charge in [-0.3, -0.25) is 4.79 Å². The second-order valence-corrected chi connectivity index (χ2v) is 5.82. The largest absolute Gasteiger partial charge is 0.369 e. The quantitative estimate of drug-likeness (QED) is 0.862. The number of aromatic nitrogens is 2. The third-order valence-electron chi connectivity index (χ3n) is 3.01. The van der Waals surface area contributed by atoms with Gasteiger partial charge in [-0.1, -0.05) is 6.92 Å². The van der Waals surface area contributed by atoms with Gasteiger partial charge >= 0.3 is 0 Å². The van der Waals surface area contributed by atoms with E-state index in [2.05, 4.69) is 27.8 Å². The van der Waals surface area contributed by atoms with Gasteiger partial charge in [0.2, 0.25) is 0 Å². The van der Waals surface area contributed by atoms with E-state index in [1.165, 1.54) is 0 Å². The Morgan fingerprint density at radius 3 is 2.79 bits per heavy atom. The predicted molar refractivity (Wildman–Crippen MR) is 78.6 cm³/mol. The van der Waals surface area contributed by atoms with E-state index in [1.54, 1.807) is 12.1 Å². The molecule has 2 N–H and O–H groups in total. The molecule has 1 aliphatic heterocycles. The number of nitrogens with one attached hydrogen (secondary N) is 2. The number of carbonyl (C=O) groups excluding carboxylic acids is 1. The van der Waals surface area contributed by atoms with Crippen molar-refractivity contribution in [2.75, 3.05) is 23.4 Å². The average Bonchev–Trinajstić information content (AvgIpc) is 2.46. The lowest BCUT2D eigenvalue weighted by atomic mass is 10.1. The van der Waals surface area contributed by atoms with Gasteiger partial charge in [0.15, 0.2) is 5.69 Å². The molecular weight excluding hydrogens is 260 g/mol. The second-order valence-electron chi connectivity index (χ2n) is 4.59. The Morgan fingerprint density at radius 1 is 1.37 bits per heavy atom. The molecule has 0 bridgehead atoms. The van der Waals surface area contributed by atoms with E-state index in [0.29, 0.717) is 11.5 Å². The van der Waals surface area contributed by atoms with Crippen molar-refractivity contribution < 1.29 is 4.79 Å². The minimum Gasteiger partial charge on any atom is -0.369 e. The van der Waals surface area contributed by atoms with E-state index >= 15 is 0 Å². The van der Waals surface area contributed by atoms with Crippen LogP contribution >= 0.6 is 11.8 Å². The van der Waals surface area contributed by atoms with Crippen LogP contribution in [-0.4, -0.2) is 40.2 Å². The lowest BCUT2D eigenvalue weighted by Gasteiger charge is -2.22. The fraction of sp³-hybridized carbons (Fsp3) is 0.615. The van der Waals surface area contributed by atoms with Crippen molar-refractivity contribution in [1.82, 2.24) is 15.5 Å². The van der Waals surface area contributed by atoms with Crippen molar-refractivity contribution in [2.24, 2.45) is 0 Å². The van der Waals surface area contributed by atoms with E-state index in [1.807, 2.05) is 11.8 Å². The minimum atomic E-state index is -0.119. The zero-order valence-electron chi connectivity index (χ0n) is 11.2. The van der Waals surface area contributed by atoms with Gasteiger partial charge in [0.05, 0.1) is 0 Å². The Hall–Kier alpha value is -1.30. The maximum atomic E-state index is 12.0. The third-order valence-corrected chi connectivity index (χ3v) is 4.06. The molecule has 0 radical (unpaired) electrons. The van der Waals surface area contributed by atoms with Crippen molar-refractivity contribution in [3.8, 4) is 0 Å². The molecule has 2 rings (SSSR count). The van der Waals surface area contributed by atoms with Crippen LogP contribution in [0.15, 0.2) is 12.1 Å². The first kappa shape index (κ1) is 14.1. The average molecular weight is 280 g/mol. The monoisotopic (exact) mass is 280 g/mol. The van der Waals surface area contributed by atoms with Crippen LogP contribution in [-0.2, 0) is 0 Å². The van der Waals surface area contributed by atoms with Crippen LogP contribution in [0.1, 0.15) is 36.7 Å². The first-order valence-corrected chi connectivity index (χ1v) is 7.91. The highest BCUT2D eigenvalue weighted by molar-refractivity contribution is 7.99. The maximum Gasteiger partial charge on any atom is 0.272 e. The number of anilines is 1. The molecule has 0 aromatic carbocycles. The molecule has 2 heterocycles. The zero-order valence-corrected chi connectivity index (χ0v) is 12.0. The molecule has 0 aliphatic carbocycles. The molecule has 1 saturated heterocycles. The van der Waals surface area contributed by atoms with Gasteiger partial charge < -0.3 is 10.6 Å². The van der Waals surface area contributed by atoms with Gasteiger partial charge in [-0.05, 0) is 42.9 Å². The molecule has 6 heteroatoms. The zero-order chi connectivity index (χ0) is 13.5. The summed E-state index contributed by atoms with van der Waals surface area (Å²) in [5.41, 5.74) is 0.389. The van der Waals surface area contributed by atoms with Crippen molar-refractivity contribution in [3.63, 3.8) is 0 Å². The Labute approximate surface area is 118 Å². The normalized spacial score (nSPS) is 16.1. The number of rotatable bonds is 5. The van der Waals surface area contributed by atoms with Gasteiger partial charge in [0.25, 0.3) is 5.91 Å². The first-order chi connectivity index (χ1) is 9.29. The molecule has 19 heavy (non-hydrogen) atoms. The molecule has 5 nitrogen and oxygen atoms in total. The van der Waals surface area contributed by atoms with Crippen LogP contribution < -0.4 is 10.6 Å². The Balaban J connectivity index is 1.87. The highest BCUT2D eigenvalue weighted by atomic mass is 32.2. The summed E-state index contributed by atoms with van der Waals surface area (Å²) in [4.78, 5) is 12.0. The molecule has 0 saturated carbocycles. The van der Waals surface area contributed by atoms with Gasteiger partial charge in [0.1, 0.15) is 5.82 Å². The minimum absolute atomic E-state index is 0.119. The van der Waals surface area contributed by atoms with Crippen molar-refractivity contribution in [3.05, 3.63) is 17.8 Å². The number of thioether (sulfide) groups is 1. The fourth-order valence-corrected chi connectivity index (χ4v) is 3.01. The number of hydrogen-bond donors (Lipinski definition) is 2. The van der Waals surface area contributed by atoms with E-state index in [9.17, 15) is 4.79 Å². The molecule has 1 aromatic heterocycles. The molecule has 0 atom stereocenters. The third kappa shape index (κ3) is 4.38. The van der Waals surface area contributed by atoms with Crippen LogP contribution in [0, 0.1) is 0 Å². The number of hydrogen-bond acceptors (Lipinski definition) is 5. The second kappa shape index (κ2) is 7.33. The Morgan fingerprint density at radius 2 is 2.16 bits per heavy atom. The predicted octanol–water partition coefficient (Wildman–Crippen LogP) is 1.92. The smallest absolute Gasteiger partial charge is 0.272 e. The van der Waals surface area contributed by atoms with Crippen LogP contribution in [0.25, 0.3) is 0 Å². The van der Waals surface area contributed by atoms with Crippen molar-refractivity contribution in [2.45, 2.75) is 32.2 Å². The highest BCUT2D eigenvalue weighted by Crippen LogP contribution is 2.17. The summed E-state index contributed by atoms with van der Waals surface area (Å²) in [6.45, 7) is 2.95. The lowest BCUT2D eigenvalue weighted by Crippen LogP contribution is -2.37. The molecule has 1 fully saturated rings. The summed E-state index contributed by atoms with van der Waals surface area (Å²) in [5.74, 6) is 2.84. The van der Waals surface area contributed by atoms with E-state index in [4.69, 9.17) is 0 Å². The number of nitrogens with zero attached hydrogens (tertiary/aromatic N) is 2. The molecule has 0 spiro atoms. The molecule has 1 aromatic rings. The van der Waals surface area contributed by atoms with Crippen molar-refractivity contribution >= 4 is 23.5 Å². The molecule has 1 amide bonds. The lowest BCUT2D eigenvalue weighted by molar-refractivity contribution is 0.0929. The summed E-state index contributed by atoms with van der Waals surface area (Å²) in [5, 5.41) is 14.1. The molecule has 104 valence electrons. The van der Waals surface area contributed by atoms with Crippen LogP contribution in [0.5, 0.6) is 0 Å². The van der Waals surface area contributed by atoms with Crippen molar-refractivity contribution in [1.29, 1.82) is 0 Å². The summed E-state index contributed by atoms with van der Waals surface area (Å²) >= 11 is 1.94. The van der Waals surface area contributed by atoms with Gasteiger partial charge in [-0.15, -0.1) is 10.2 Å². The fourth-order valence-electron chi connectivity index (χ4n) is 1.90. The Bertz CT molecular complexity index is 404. The molecule has 1 aliphatic rings. The standard InChI is InChI=1S/C13H20N4OS/c1-2-7-14-12-4-3-11(16-17-12)13(18)15-10-5-8-19-9-6-10/h3-4,10H,2,5-9H2,1H3,(H,14,17)(H,15,18). The summed E-state index contributed by atoms with van der Waals surface area (Å²) < 4.78 is 0. The van der Waals surface area contributed by atoms with Gasteiger partial charge in [0, 0.05) is 12.6 Å². The maximum absolute atomic E-state index is 12.0. The van der Waals surface area contributed by atoms with Crippen LogP contribution in [0.3, 0.4) is 0 Å². The molecule has 0 unspecified atom stereocenters.